The molecule has 0 aliphatic carbocycles. The van der Waals surface area contributed by atoms with Crippen molar-refractivity contribution in [1.29, 1.82) is 0 Å². The van der Waals surface area contributed by atoms with Crippen molar-refractivity contribution in [1.82, 2.24) is 0 Å². The van der Waals surface area contributed by atoms with Gasteiger partial charge in [-0.15, -0.1) is 0 Å². The Kier molecular flexibility index (Phi) is 8.20. The van der Waals surface area contributed by atoms with E-state index < -0.39 is 18.0 Å². The molecule has 158 valence electrons. The van der Waals surface area contributed by atoms with Crippen LogP contribution in [0, 0.1) is 5.82 Å². The summed E-state index contributed by atoms with van der Waals surface area (Å²) in [5, 5.41) is 20.5. The third-order valence-electron chi connectivity index (χ3n) is 4.44. The fourth-order valence-corrected chi connectivity index (χ4v) is 2.84. The minimum atomic E-state index is -1.09. The molecule has 0 saturated carbocycles. The molecule has 0 aromatic heterocycles. The molecule has 0 heterocycles. The monoisotopic (exact) mass is 412 g/mol. The molecule has 2 unspecified atom stereocenters. The van der Waals surface area contributed by atoms with Crippen LogP contribution in [0.2, 0.25) is 0 Å². The van der Waals surface area contributed by atoms with Gasteiger partial charge >= 0.3 is 0 Å². The summed E-state index contributed by atoms with van der Waals surface area (Å²) in [6, 6.07) is 23.0. The maximum absolute atomic E-state index is 14.1. The van der Waals surface area contributed by atoms with E-state index in [-0.39, 0.29) is 24.7 Å². The van der Waals surface area contributed by atoms with Crippen molar-refractivity contribution in [2.45, 2.75) is 25.4 Å². The number of aromatic hydroxyl groups is 1. The van der Waals surface area contributed by atoms with Crippen LogP contribution >= 0.6 is 0 Å². The summed E-state index contributed by atoms with van der Waals surface area (Å²) >= 11 is 0. The van der Waals surface area contributed by atoms with Crippen molar-refractivity contribution in [3.63, 3.8) is 0 Å². The van der Waals surface area contributed by atoms with Gasteiger partial charge in [0.1, 0.15) is 6.10 Å². The van der Waals surface area contributed by atoms with E-state index in [1.54, 1.807) is 0 Å². The quantitative estimate of drug-likeness (QED) is 0.497. The first-order chi connectivity index (χ1) is 14.6. The Labute approximate surface area is 175 Å². The lowest BCUT2D eigenvalue weighted by atomic mass is 10.2. The van der Waals surface area contributed by atoms with Crippen LogP contribution in [0.3, 0.4) is 0 Å². The van der Waals surface area contributed by atoms with E-state index in [2.05, 4.69) is 0 Å². The lowest BCUT2D eigenvalue weighted by Gasteiger charge is -2.25. The molecule has 5 nitrogen and oxygen atoms in total. The second kappa shape index (κ2) is 11.3. The van der Waals surface area contributed by atoms with Gasteiger partial charge in [0.15, 0.2) is 23.4 Å². The molecule has 0 aliphatic rings. The Hall–Kier alpha value is -2.93. The van der Waals surface area contributed by atoms with Crippen molar-refractivity contribution in [3.8, 4) is 11.5 Å². The van der Waals surface area contributed by atoms with E-state index >= 15 is 0 Å². The molecular formula is C24H25FO5. The van der Waals surface area contributed by atoms with E-state index in [0.717, 1.165) is 11.1 Å². The highest BCUT2D eigenvalue weighted by Crippen LogP contribution is 2.30. The molecule has 0 radical (unpaired) electrons. The first kappa shape index (κ1) is 21.8. The van der Waals surface area contributed by atoms with E-state index in [9.17, 15) is 14.6 Å². The topological polar surface area (TPSA) is 68.2 Å². The third kappa shape index (κ3) is 6.56. The summed E-state index contributed by atoms with van der Waals surface area (Å²) in [6.07, 6.45) is -2.03. The van der Waals surface area contributed by atoms with E-state index in [4.69, 9.17) is 14.2 Å². The second-order valence-corrected chi connectivity index (χ2v) is 6.81. The number of phenolic OH excluding ortho intramolecular Hbond substituents is 1. The zero-order valence-electron chi connectivity index (χ0n) is 16.5. The lowest BCUT2D eigenvalue weighted by Crippen LogP contribution is -2.39. The van der Waals surface area contributed by atoms with Crippen molar-refractivity contribution in [2.24, 2.45) is 0 Å². The highest BCUT2D eigenvalue weighted by molar-refractivity contribution is 5.39. The van der Waals surface area contributed by atoms with Crippen molar-refractivity contribution in [2.75, 3.05) is 13.2 Å². The van der Waals surface area contributed by atoms with Crippen LogP contribution in [0.15, 0.2) is 78.9 Å². The van der Waals surface area contributed by atoms with E-state index in [1.807, 2.05) is 60.7 Å². The van der Waals surface area contributed by atoms with Crippen molar-refractivity contribution < 1.29 is 28.8 Å². The molecule has 0 aliphatic heterocycles. The van der Waals surface area contributed by atoms with Crippen molar-refractivity contribution >= 4 is 0 Å². The standard InChI is InChI=1S/C24H25FO5/c25-20-12-7-13-21(26)24(20)30-23(17-29-15-19-10-5-2-6-11-19)22(27)16-28-14-18-8-3-1-4-9-18/h1-13,22-23,26-27H,14-17H2. The summed E-state index contributed by atoms with van der Waals surface area (Å²) in [6.45, 7) is 0.573. The molecule has 0 saturated heterocycles. The van der Waals surface area contributed by atoms with Gasteiger partial charge in [-0.05, 0) is 23.3 Å². The number of halogens is 1. The Bertz CT molecular complexity index is 868. The summed E-state index contributed by atoms with van der Waals surface area (Å²) in [5.41, 5.74) is 1.93. The van der Waals surface area contributed by atoms with E-state index in [0.29, 0.717) is 13.2 Å². The van der Waals surface area contributed by atoms with Gasteiger partial charge in [-0.3, -0.25) is 0 Å². The van der Waals surface area contributed by atoms with Gasteiger partial charge < -0.3 is 24.4 Å². The zero-order valence-corrected chi connectivity index (χ0v) is 16.5. The average molecular weight is 412 g/mol. The predicted octanol–water partition coefficient (Wildman–Crippen LogP) is 4.07. The van der Waals surface area contributed by atoms with Crippen LogP contribution in [0.4, 0.5) is 4.39 Å². The molecule has 3 aromatic carbocycles. The van der Waals surface area contributed by atoms with Crippen LogP contribution < -0.4 is 4.74 Å². The molecular weight excluding hydrogens is 387 g/mol. The summed E-state index contributed by atoms with van der Waals surface area (Å²) in [5.74, 6) is -1.39. The molecule has 2 N–H and O–H groups in total. The number of hydrogen-bond donors (Lipinski definition) is 2. The van der Waals surface area contributed by atoms with Crippen LogP contribution in [0.5, 0.6) is 11.5 Å². The van der Waals surface area contributed by atoms with Crippen LogP contribution in [0.1, 0.15) is 11.1 Å². The molecule has 0 bridgehead atoms. The number of aliphatic hydroxyl groups excluding tert-OH is 1. The third-order valence-corrected chi connectivity index (χ3v) is 4.44. The SMILES string of the molecule is Oc1cccc(F)c1OC(COCc1ccccc1)C(O)COCc1ccccc1. The number of para-hydroxylation sites is 1. The Morgan fingerprint density at radius 2 is 1.30 bits per heavy atom. The number of rotatable bonds is 11. The maximum atomic E-state index is 14.1. The molecule has 6 heteroatoms. The zero-order chi connectivity index (χ0) is 21.2. The van der Waals surface area contributed by atoms with Crippen LogP contribution in [-0.4, -0.2) is 35.6 Å². The number of hydrogen-bond acceptors (Lipinski definition) is 5. The lowest BCUT2D eigenvalue weighted by molar-refractivity contribution is -0.0667. The molecule has 0 fully saturated rings. The highest BCUT2D eigenvalue weighted by Gasteiger charge is 2.25. The smallest absolute Gasteiger partial charge is 0.197 e. The molecule has 2 atom stereocenters. The van der Waals surface area contributed by atoms with Gasteiger partial charge in [0.05, 0.1) is 26.4 Å². The minimum Gasteiger partial charge on any atom is -0.504 e. The second-order valence-electron chi connectivity index (χ2n) is 6.81. The average Bonchev–Trinajstić information content (AvgIpc) is 2.76. The number of aliphatic hydroxyl groups is 1. The molecule has 0 amide bonds. The number of ether oxygens (including phenoxy) is 3. The fourth-order valence-electron chi connectivity index (χ4n) is 2.84. The molecule has 30 heavy (non-hydrogen) atoms. The summed E-state index contributed by atoms with van der Waals surface area (Å²) in [7, 11) is 0. The van der Waals surface area contributed by atoms with Gasteiger partial charge in [0, 0.05) is 0 Å². The number of phenols is 1. The molecule has 0 spiro atoms. The van der Waals surface area contributed by atoms with Gasteiger partial charge in [0.25, 0.3) is 0 Å². The van der Waals surface area contributed by atoms with Gasteiger partial charge in [-0.1, -0.05) is 66.7 Å². The van der Waals surface area contributed by atoms with Gasteiger partial charge in [0.2, 0.25) is 0 Å². The van der Waals surface area contributed by atoms with Crippen LogP contribution in [-0.2, 0) is 22.7 Å². The molecule has 3 rings (SSSR count). The first-order valence-electron chi connectivity index (χ1n) is 9.69. The summed E-state index contributed by atoms with van der Waals surface area (Å²) in [4.78, 5) is 0. The van der Waals surface area contributed by atoms with Gasteiger partial charge in [-0.25, -0.2) is 4.39 Å². The Morgan fingerprint density at radius 1 is 0.733 bits per heavy atom. The first-order valence-corrected chi connectivity index (χ1v) is 9.69. The highest BCUT2D eigenvalue weighted by atomic mass is 19.1. The van der Waals surface area contributed by atoms with Crippen LogP contribution in [0.25, 0.3) is 0 Å². The normalized spacial score (nSPS) is 13.0. The van der Waals surface area contributed by atoms with E-state index in [1.165, 1.54) is 18.2 Å². The largest absolute Gasteiger partial charge is 0.504 e. The molecule has 3 aromatic rings. The minimum absolute atomic E-state index is 0.0153. The predicted molar refractivity (Wildman–Crippen MR) is 111 cm³/mol. The Balaban J connectivity index is 1.61. The fraction of sp³-hybridized carbons (Fsp3) is 0.250. The summed E-state index contributed by atoms with van der Waals surface area (Å²) < 4.78 is 31.0. The maximum Gasteiger partial charge on any atom is 0.197 e. The Morgan fingerprint density at radius 3 is 1.87 bits per heavy atom. The van der Waals surface area contributed by atoms with Gasteiger partial charge in [-0.2, -0.15) is 0 Å². The van der Waals surface area contributed by atoms with Crippen molar-refractivity contribution in [3.05, 3.63) is 95.8 Å². The number of benzene rings is 3.